The third kappa shape index (κ3) is 5.19. The van der Waals surface area contributed by atoms with Crippen molar-refractivity contribution in [2.75, 3.05) is 40.8 Å². The fraction of sp³-hybridized carbons (Fsp3) is 0.579. The van der Waals surface area contributed by atoms with E-state index in [4.69, 9.17) is 4.74 Å². The maximum Gasteiger partial charge on any atom is 0.309 e. The standard InChI is InChI=1S/C19H29N3O3/c1-22(2)13-12-20-17(23)18(24)21-14-19(10-4-5-11-19)15-6-8-16(25-3)9-7-15/h6-9H,4-5,10-14H2,1-3H3,(H,20,23)(H,21,24). The molecule has 0 unspecified atom stereocenters. The Bertz CT molecular complexity index is 578. The van der Waals surface area contributed by atoms with Gasteiger partial charge in [-0.2, -0.15) is 0 Å². The molecule has 0 radical (unpaired) electrons. The topological polar surface area (TPSA) is 70.7 Å². The van der Waals surface area contributed by atoms with Crippen LogP contribution in [0.3, 0.4) is 0 Å². The van der Waals surface area contributed by atoms with Crippen molar-refractivity contribution in [3.63, 3.8) is 0 Å². The quantitative estimate of drug-likeness (QED) is 0.730. The van der Waals surface area contributed by atoms with Gasteiger partial charge in [-0.1, -0.05) is 25.0 Å². The van der Waals surface area contributed by atoms with Crippen LogP contribution in [-0.2, 0) is 15.0 Å². The van der Waals surface area contributed by atoms with Crippen LogP contribution >= 0.6 is 0 Å². The van der Waals surface area contributed by atoms with Crippen LogP contribution in [0.4, 0.5) is 0 Å². The number of likely N-dealkylation sites (N-methyl/N-ethyl adjacent to an activating group) is 1. The second kappa shape index (κ2) is 8.85. The van der Waals surface area contributed by atoms with Crippen molar-refractivity contribution in [3.05, 3.63) is 29.8 Å². The monoisotopic (exact) mass is 347 g/mol. The molecular weight excluding hydrogens is 318 g/mol. The highest BCUT2D eigenvalue weighted by atomic mass is 16.5. The van der Waals surface area contributed by atoms with E-state index < -0.39 is 11.8 Å². The van der Waals surface area contributed by atoms with Crippen LogP contribution in [0, 0.1) is 0 Å². The van der Waals surface area contributed by atoms with Gasteiger partial charge in [-0.25, -0.2) is 0 Å². The number of amides is 2. The summed E-state index contributed by atoms with van der Waals surface area (Å²) in [6.45, 7) is 1.65. The predicted molar refractivity (Wildman–Crippen MR) is 97.7 cm³/mol. The van der Waals surface area contributed by atoms with E-state index in [2.05, 4.69) is 22.8 Å². The largest absolute Gasteiger partial charge is 0.497 e. The molecule has 2 N–H and O–H groups in total. The molecular formula is C19H29N3O3. The Morgan fingerprint density at radius 2 is 1.68 bits per heavy atom. The number of carbonyl (C=O) groups excluding carboxylic acids is 2. The van der Waals surface area contributed by atoms with Gasteiger partial charge in [-0.15, -0.1) is 0 Å². The highest BCUT2D eigenvalue weighted by Gasteiger charge is 2.36. The molecule has 25 heavy (non-hydrogen) atoms. The smallest absolute Gasteiger partial charge is 0.309 e. The van der Waals surface area contributed by atoms with Gasteiger partial charge in [0, 0.05) is 25.0 Å². The van der Waals surface area contributed by atoms with Crippen LogP contribution in [0.5, 0.6) is 5.75 Å². The summed E-state index contributed by atoms with van der Waals surface area (Å²) in [5.41, 5.74) is 1.10. The minimum Gasteiger partial charge on any atom is -0.497 e. The summed E-state index contributed by atoms with van der Waals surface area (Å²) in [4.78, 5) is 25.9. The summed E-state index contributed by atoms with van der Waals surface area (Å²) in [6.07, 6.45) is 4.30. The summed E-state index contributed by atoms with van der Waals surface area (Å²) in [5, 5.41) is 5.48. The highest BCUT2D eigenvalue weighted by Crippen LogP contribution is 2.41. The second-order valence-corrected chi connectivity index (χ2v) is 6.96. The molecule has 1 aromatic carbocycles. The number of hydrogen-bond acceptors (Lipinski definition) is 4. The maximum absolute atomic E-state index is 12.1. The van der Waals surface area contributed by atoms with Gasteiger partial charge in [0.25, 0.3) is 0 Å². The fourth-order valence-corrected chi connectivity index (χ4v) is 3.37. The van der Waals surface area contributed by atoms with E-state index in [0.29, 0.717) is 19.6 Å². The van der Waals surface area contributed by atoms with E-state index in [-0.39, 0.29) is 5.41 Å². The average molecular weight is 347 g/mol. The first kappa shape index (κ1) is 19.2. The Labute approximate surface area is 149 Å². The molecule has 1 aliphatic carbocycles. The molecule has 0 atom stereocenters. The minimum absolute atomic E-state index is 0.0914. The van der Waals surface area contributed by atoms with Crippen molar-refractivity contribution in [1.82, 2.24) is 15.5 Å². The van der Waals surface area contributed by atoms with Crippen molar-refractivity contribution >= 4 is 11.8 Å². The van der Waals surface area contributed by atoms with Crippen molar-refractivity contribution in [2.45, 2.75) is 31.1 Å². The third-order valence-electron chi connectivity index (χ3n) is 4.90. The van der Waals surface area contributed by atoms with Crippen LogP contribution in [0.25, 0.3) is 0 Å². The van der Waals surface area contributed by atoms with E-state index in [1.165, 1.54) is 5.56 Å². The molecule has 1 aromatic rings. The van der Waals surface area contributed by atoms with Crippen molar-refractivity contribution in [2.24, 2.45) is 0 Å². The number of nitrogens with zero attached hydrogens (tertiary/aromatic N) is 1. The van der Waals surface area contributed by atoms with Gasteiger partial charge in [0.2, 0.25) is 0 Å². The van der Waals surface area contributed by atoms with Gasteiger partial charge in [0.15, 0.2) is 0 Å². The lowest BCUT2D eigenvalue weighted by Crippen LogP contribution is -2.46. The Balaban J connectivity index is 1.94. The SMILES string of the molecule is COc1ccc(C2(CNC(=O)C(=O)NCCN(C)C)CCCC2)cc1. The van der Waals surface area contributed by atoms with Crippen LogP contribution in [0.15, 0.2) is 24.3 Å². The van der Waals surface area contributed by atoms with Crippen molar-refractivity contribution in [1.29, 1.82) is 0 Å². The number of carbonyl (C=O) groups is 2. The predicted octanol–water partition coefficient (Wildman–Crippen LogP) is 1.30. The second-order valence-electron chi connectivity index (χ2n) is 6.96. The van der Waals surface area contributed by atoms with E-state index in [0.717, 1.165) is 31.4 Å². The normalized spacial score (nSPS) is 15.8. The zero-order chi connectivity index (χ0) is 18.3. The number of ether oxygens (including phenoxy) is 1. The summed E-state index contributed by atoms with van der Waals surface area (Å²) in [7, 11) is 5.49. The molecule has 0 aromatic heterocycles. The number of rotatable bonds is 7. The Kier molecular flexibility index (Phi) is 6.82. The molecule has 138 valence electrons. The molecule has 6 nitrogen and oxygen atoms in total. The third-order valence-corrected chi connectivity index (χ3v) is 4.90. The molecule has 2 rings (SSSR count). The summed E-state index contributed by atoms with van der Waals surface area (Å²) in [6, 6.07) is 8.03. The molecule has 1 aliphatic rings. The number of nitrogens with one attached hydrogen (secondary N) is 2. The molecule has 0 bridgehead atoms. The molecule has 0 spiro atoms. The molecule has 2 amide bonds. The van der Waals surface area contributed by atoms with E-state index >= 15 is 0 Å². The number of hydrogen-bond donors (Lipinski definition) is 2. The minimum atomic E-state index is -0.565. The number of benzene rings is 1. The van der Waals surface area contributed by atoms with Crippen LogP contribution in [0.2, 0.25) is 0 Å². The zero-order valence-electron chi connectivity index (χ0n) is 15.4. The van der Waals surface area contributed by atoms with Gasteiger partial charge in [-0.05, 0) is 44.6 Å². The van der Waals surface area contributed by atoms with Crippen molar-refractivity contribution < 1.29 is 14.3 Å². The molecule has 0 aliphatic heterocycles. The van der Waals surface area contributed by atoms with Gasteiger partial charge in [0.05, 0.1) is 7.11 Å². The Hall–Kier alpha value is -2.08. The molecule has 1 saturated carbocycles. The number of methoxy groups -OCH3 is 1. The highest BCUT2D eigenvalue weighted by molar-refractivity contribution is 6.35. The maximum atomic E-state index is 12.1. The summed E-state index contributed by atoms with van der Waals surface area (Å²) < 4.78 is 5.22. The van der Waals surface area contributed by atoms with Gasteiger partial charge < -0.3 is 20.3 Å². The lowest BCUT2D eigenvalue weighted by Gasteiger charge is -2.30. The van der Waals surface area contributed by atoms with E-state index in [1.807, 2.05) is 31.1 Å². The Morgan fingerprint density at radius 3 is 2.24 bits per heavy atom. The van der Waals surface area contributed by atoms with Crippen molar-refractivity contribution in [3.8, 4) is 5.75 Å². The average Bonchev–Trinajstić information content (AvgIpc) is 3.09. The van der Waals surface area contributed by atoms with Crippen LogP contribution < -0.4 is 15.4 Å². The zero-order valence-corrected chi connectivity index (χ0v) is 15.4. The lowest BCUT2D eigenvalue weighted by molar-refractivity contribution is -0.139. The first-order valence-corrected chi connectivity index (χ1v) is 8.82. The van der Waals surface area contributed by atoms with E-state index in [1.54, 1.807) is 7.11 Å². The van der Waals surface area contributed by atoms with Gasteiger partial charge in [0.1, 0.15) is 5.75 Å². The fourth-order valence-electron chi connectivity index (χ4n) is 3.37. The summed E-state index contributed by atoms with van der Waals surface area (Å²) in [5.74, 6) is -0.301. The first-order valence-electron chi connectivity index (χ1n) is 8.82. The van der Waals surface area contributed by atoms with E-state index in [9.17, 15) is 9.59 Å². The van der Waals surface area contributed by atoms with Crippen LogP contribution in [-0.4, -0.2) is 57.6 Å². The molecule has 0 heterocycles. The van der Waals surface area contributed by atoms with Crippen LogP contribution in [0.1, 0.15) is 31.2 Å². The molecule has 0 saturated heterocycles. The molecule has 1 fully saturated rings. The summed E-state index contributed by atoms with van der Waals surface area (Å²) >= 11 is 0. The van der Waals surface area contributed by atoms with Gasteiger partial charge >= 0.3 is 11.8 Å². The molecule has 6 heteroatoms. The lowest BCUT2D eigenvalue weighted by atomic mass is 9.78. The Morgan fingerprint density at radius 1 is 1.08 bits per heavy atom. The first-order chi connectivity index (χ1) is 12.0. The van der Waals surface area contributed by atoms with Gasteiger partial charge in [-0.3, -0.25) is 9.59 Å².